The highest BCUT2D eigenvalue weighted by Gasteiger charge is 2.11. The van der Waals surface area contributed by atoms with Gasteiger partial charge in [0.25, 0.3) is 5.91 Å². The minimum Gasteiger partial charge on any atom is -0.491 e. The lowest BCUT2D eigenvalue weighted by molar-refractivity contribution is 0.0950. The predicted molar refractivity (Wildman–Crippen MR) is 96.2 cm³/mol. The van der Waals surface area contributed by atoms with Gasteiger partial charge in [0, 0.05) is 42.8 Å². The zero-order chi connectivity index (χ0) is 16.7. The maximum absolute atomic E-state index is 12.3. The van der Waals surface area contributed by atoms with E-state index in [2.05, 4.69) is 31.5 Å². The van der Waals surface area contributed by atoms with Crippen molar-refractivity contribution in [1.29, 1.82) is 0 Å². The van der Waals surface area contributed by atoms with Crippen molar-refractivity contribution in [2.45, 2.75) is 26.4 Å². The molecule has 1 amide bonds. The fourth-order valence-corrected chi connectivity index (χ4v) is 3.05. The summed E-state index contributed by atoms with van der Waals surface area (Å²) in [5.74, 6) is 0.653. The Kier molecular flexibility index (Phi) is 7.33. The summed E-state index contributed by atoms with van der Waals surface area (Å²) in [6.07, 6.45) is 1.05. The molecule has 6 heteroatoms. The fourth-order valence-electron chi connectivity index (χ4n) is 2.58. The molecule has 1 heterocycles. The monoisotopic (exact) mass is 383 g/mol. The Morgan fingerprint density at radius 1 is 1.35 bits per heavy atom. The molecule has 128 valence electrons. The molecule has 1 aliphatic heterocycles. The molecule has 2 rings (SSSR count). The summed E-state index contributed by atoms with van der Waals surface area (Å²) in [6.45, 7) is 9.96. The molecular weight excluding hydrogens is 358 g/mol. The number of ether oxygens (including phenoxy) is 1. The Hall–Kier alpha value is -1.11. The van der Waals surface area contributed by atoms with E-state index in [1.807, 2.05) is 26.0 Å². The van der Waals surface area contributed by atoms with Crippen LogP contribution >= 0.6 is 15.9 Å². The second-order valence-corrected chi connectivity index (χ2v) is 6.96. The van der Waals surface area contributed by atoms with Crippen LogP contribution in [-0.4, -0.2) is 56.2 Å². The number of amides is 1. The second-order valence-electron chi connectivity index (χ2n) is 6.04. The van der Waals surface area contributed by atoms with E-state index >= 15 is 0 Å². The van der Waals surface area contributed by atoms with Gasteiger partial charge in [-0.25, -0.2) is 0 Å². The van der Waals surface area contributed by atoms with Crippen molar-refractivity contribution >= 4 is 21.8 Å². The van der Waals surface area contributed by atoms with Crippen molar-refractivity contribution < 1.29 is 9.53 Å². The molecule has 23 heavy (non-hydrogen) atoms. The summed E-state index contributed by atoms with van der Waals surface area (Å²) < 4.78 is 6.52. The molecule has 1 saturated heterocycles. The molecule has 0 saturated carbocycles. The maximum Gasteiger partial charge on any atom is 0.251 e. The summed E-state index contributed by atoms with van der Waals surface area (Å²) in [7, 11) is 0. The molecule has 2 N–H and O–H groups in total. The minimum atomic E-state index is -0.0554. The number of carbonyl (C=O) groups is 1. The first-order valence-corrected chi connectivity index (χ1v) is 9.02. The van der Waals surface area contributed by atoms with Gasteiger partial charge in [-0.15, -0.1) is 0 Å². The molecule has 1 aromatic carbocycles. The average molecular weight is 384 g/mol. The van der Waals surface area contributed by atoms with Crippen LogP contribution in [-0.2, 0) is 0 Å². The van der Waals surface area contributed by atoms with Crippen LogP contribution in [0.3, 0.4) is 0 Å². The summed E-state index contributed by atoms with van der Waals surface area (Å²) in [5, 5.41) is 6.33. The van der Waals surface area contributed by atoms with Crippen LogP contribution < -0.4 is 15.4 Å². The zero-order valence-corrected chi connectivity index (χ0v) is 15.5. The van der Waals surface area contributed by atoms with Crippen molar-refractivity contribution in [3.05, 3.63) is 28.2 Å². The molecule has 0 atom stereocenters. The van der Waals surface area contributed by atoms with Crippen molar-refractivity contribution in [2.24, 2.45) is 0 Å². The first kappa shape index (κ1) is 18.2. The number of nitrogens with one attached hydrogen (secondary N) is 2. The number of carbonyl (C=O) groups excluding carboxylic acids is 1. The van der Waals surface area contributed by atoms with E-state index in [0.29, 0.717) is 17.9 Å². The largest absolute Gasteiger partial charge is 0.491 e. The van der Waals surface area contributed by atoms with Crippen molar-refractivity contribution in [3.8, 4) is 5.75 Å². The topological polar surface area (TPSA) is 53.6 Å². The zero-order valence-electron chi connectivity index (χ0n) is 13.9. The van der Waals surface area contributed by atoms with Crippen molar-refractivity contribution in [2.75, 3.05) is 39.3 Å². The van der Waals surface area contributed by atoms with E-state index in [9.17, 15) is 4.79 Å². The number of hydrogen-bond donors (Lipinski definition) is 2. The second kappa shape index (κ2) is 9.25. The molecule has 1 aliphatic rings. The van der Waals surface area contributed by atoms with Crippen LogP contribution in [0.5, 0.6) is 5.75 Å². The first-order valence-electron chi connectivity index (χ1n) is 8.23. The van der Waals surface area contributed by atoms with Crippen LogP contribution in [0.1, 0.15) is 30.6 Å². The van der Waals surface area contributed by atoms with Gasteiger partial charge in [-0.1, -0.05) is 15.9 Å². The molecule has 0 spiro atoms. The quantitative estimate of drug-likeness (QED) is 0.709. The standard InChI is InChI=1S/C17H26BrN3O2/c1-13(2)23-16-11-14(10-15(18)12-16)17(22)20-4-3-7-21-8-5-19-6-9-21/h10-13,19H,3-9H2,1-2H3,(H,20,22). The molecule has 0 bridgehead atoms. The van der Waals surface area contributed by atoms with Crippen molar-refractivity contribution in [3.63, 3.8) is 0 Å². The van der Waals surface area contributed by atoms with Gasteiger partial charge in [-0.05, 0) is 45.0 Å². The summed E-state index contributed by atoms with van der Waals surface area (Å²) in [6, 6.07) is 5.48. The number of nitrogens with zero attached hydrogens (tertiary/aromatic N) is 1. The Labute approximate surface area is 146 Å². The SMILES string of the molecule is CC(C)Oc1cc(Br)cc(C(=O)NCCCN2CCNCC2)c1. The Morgan fingerprint density at radius 3 is 2.78 bits per heavy atom. The van der Waals surface area contributed by atoms with Crippen LogP contribution in [0, 0.1) is 0 Å². The molecule has 0 aliphatic carbocycles. The highest BCUT2D eigenvalue weighted by Crippen LogP contribution is 2.22. The third-order valence-corrected chi connectivity index (χ3v) is 4.11. The van der Waals surface area contributed by atoms with Gasteiger partial charge in [0.1, 0.15) is 5.75 Å². The lowest BCUT2D eigenvalue weighted by Gasteiger charge is -2.27. The number of rotatable bonds is 7. The van der Waals surface area contributed by atoms with Crippen LogP contribution in [0.15, 0.2) is 22.7 Å². The fraction of sp³-hybridized carbons (Fsp3) is 0.588. The van der Waals surface area contributed by atoms with Gasteiger partial charge in [0.2, 0.25) is 0 Å². The van der Waals surface area contributed by atoms with Crippen LogP contribution in [0.25, 0.3) is 0 Å². The predicted octanol–water partition coefficient (Wildman–Crippen LogP) is 2.26. The van der Waals surface area contributed by atoms with E-state index in [4.69, 9.17) is 4.74 Å². The highest BCUT2D eigenvalue weighted by atomic mass is 79.9. The molecule has 0 radical (unpaired) electrons. The highest BCUT2D eigenvalue weighted by molar-refractivity contribution is 9.10. The van der Waals surface area contributed by atoms with Gasteiger partial charge in [0.05, 0.1) is 6.10 Å². The number of hydrogen-bond acceptors (Lipinski definition) is 4. The van der Waals surface area contributed by atoms with Crippen LogP contribution in [0.4, 0.5) is 0 Å². The first-order chi connectivity index (χ1) is 11.0. The molecule has 1 fully saturated rings. The molecule has 0 aromatic heterocycles. The lowest BCUT2D eigenvalue weighted by atomic mass is 10.2. The molecular formula is C17H26BrN3O2. The Bertz CT molecular complexity index is 517. The smallest absolute Gasteiger partial charge is 0.251 e. The number of benzene rings is 1. The average Bonchev–Trinajstić information content (AvgIpc) is 2.51. The van der Waals surface area contributed by atoms with E-state index in [-0.39, 0.29) is 12.0 Å². The van der Waals surface area contributed by atoms with E-state index in [1.165, 1.54) is 0 Å². The summed E-state index contributed by atoms with van der Waals surface area (Å²) >= 11 is 3.43. The summed E-state index contributed by atoms with van der Waals surface area (Å²) in [4.78, 5) is 14.7. The van der Waals surface area contributed by atoms with E-state index < -0.39 is 0 Å². The Balaban J connectivity index is 1.79. The van der Waals surface area contributed by atoms with Crippen LogP contribution in [0.2, 0.25) is 0 Å². The van der Waals surface area contributed by atoms with Gasteiger partial charge in [-0.3, -0.25) is 4.79 Å². The molecule has 1 aromatic rings. The lowest BCUT2D eigenvalue weighted by Crippen LogP contribution is -2.44. The number of piperazine rings is 1. The third kappa shape index (κ3) is 6.49. The van der Waals surface area contributed by atoms with E-state index in [1.54, 1.807) is 6.07 Å². The van der Waals surface area contributed by atoms with Gasteiger partial charge in [0.15, 0.2) is 0 Å². The third-order valence-electron chi connectivity index (χ3n) is 3.65. The molecule has 0 unspecified atom stereocenters. The van der Waals surface area contributed by atoms with Gasteiger partial charge >= 0.3 is 0 Å². The number of halogens is 1. The van der Waals surface area contributed by atoms with E-state index in [0.717, 1.165) is 43.6 Å². The normalized spacial score (nSPS) is 15.7. The maximum atomic E-state index is 12.3. The Morgan fingerprint density at radius 2 is 2.09 bits per heavy atom. The minimum absolute atomic E-state index is 0.0554. The van der Waals surface area contributed by atoms with Gasteiger partial charge < -0.3 is 20.3 Å². The molecule has 5 nitrogen and oxygen atoms in total. The van der Waals surface area contributed by atoms with Crippen molar-refractivity contribution in [1.82, 2.24) is 15.5 Å². The summed E-state index contributed by atoms with van der Waals surface area (Å²) in [5.41, 5.74) is 0.622. The van der Waals surface area contributed by atoms with Gasteiger partial charge in [-0.2, -0.15) is 0 Å².